The average Bonchev–Trinajstić information content (AvgIpc) is 1.38. The van der Waals surface area contributed by atoms with E-state index in [4.69, 9.17) is 5.84 Å². The zero-order chi connectivity index (χ0) is 4.28. The van der Waals surface area contributed by atoms with E-state index >= 15 is 0 Å². The third kappa shape index (κ3) is 4.92. The summed E-state index contributed by atoms with van der Waals surface area (Å²) in [6, 6.07) is -1.07. The molecule has 0 rings (SSSR count). The van der Waals surface area contributed by atoms with Crippen LogP contribution in [0.1, 0.15) is 0 Å². The van der Waals surface area contributed by atoms with Gasteiger partial charge in [-0.25, -0.2) is 5.20 Å². The van der Waals surface area contributed by atoms with Gasteiger partial charge in [0.05, 0.1) is 6.05 Å². The summed E-state index contributed by atoms with van der Waals surface area (Å²) >= 11 is 8.29. The van der Waals surface area contributed by atoms with Gasteiger partial charge in [0.25, 0.3) is 0 Å². The van der Waals surface area contributed by atoms with E-state index in [1.54, 1.807) is 0 Å². The van der Waals surface area contributed by atoms with E-state index in [-0.39, 0.29) is 0 Å². The van der Waals surface area contributed by atoms with Crippen LogP contribution in [-0.4, -0.2) is 0 Å². The van der Waals surface area contributed by atoms with Crippen molar-refractivity contribution in [2.24, 2.45) is 5.84 Å². The summed E-state index contributed by atoms with van der Waals surface area (Å²) in [7, 11) is 0. The molecular weight excluding hydrogens is 123 g/mol. The second-order valence-electron chi connectivity index (χ2n) is 0.449. The minimum atomic E-state index is -1.07. The Bertz CT molecular complexity index is 42.9. The number of thiol groups is 1. The first-order valence-corrected chi connectivity index (χ1v) is 4.89. The number of rotatable bonds is 1. The zero-order valence-corrected chi connectivity index (χ0v) is 5.14. The summed E-state index contributed by atoms with van der Waals surface area (Å²) < 4.78 is 0. The third-order valence-corrected chi connectivity index (χ3v) is 1.11. The molecule has 5 heteroatoms. The van der Waals surface area contributed by atoms with E-state index < -0.39 is 6.05 Å². The maximum atomic E-state index is 4.79. The van der Waals surface area contributed by atoms with Crippen molar-refractivity contribution in [3.63, 3.8) is 0 Å². The molecule has 0 amide bonds. The van der Waals surface area contributed by atoms with Gasteiger partial charge in [-0.15, -0.1) is 12.2 Å². The highest BCUT2D eigenvalue weighted by Gasteiger charge is 1.65. The molecular formula is H5N2PS2. The Labute approximate surface area is 41.7 Å². The smallest absolute Gasteiger partial charge is 0.0620 e. The van der Waals surface area contributed by atoms with Crippen LogP contribution in [0.3, 0.4) is 0 Å². The van der Waals surface area contributed by atoms with Crippen LogP contribution in [-0.2, 0) is 11.8 Å². The van der Waals surface area contributed by atoms with E-state index in [2.05, 4.69) is 29.3 Å². The van der Waals surface area contributed by atoms with Gasteiger partial charge < -0.3 is 0 Å². The molecule has 0 aromatic carbocycles. The summed E-state index contributed by atoms with van der Waals surface area (Å²) in [5.74, 6) is 4.79. The monoisotopic (exact) mass is 128 g/mol. The largest absolute Gasteiger partial charge is 0.267 e. The van der Waals surface area contributed by atoms with Gasteiger partial charge in [0.1, 0.15) is 0 Å². The molecule has 0 fully saturated rings. The van der Waals surface area contributed by atoms with Gasteiger partial charge in [0.2, 0.25) is 0 Å². The third-order valence-electron chi connectivity index (χ3n) is 0.123. The average molecular weight is 128 g/mol. The first-order valence-electron chi connectivity index (χ1n) is 0.966. The second kappa shape index (κ2) is 3.12. The van der Waals surface area contributed by atoms with Crippen molar-refractivity contribution < 1.29 is 0 Å². The molecule has 0 heterocycles. The fourth-order valence-corrected chi connectivity index (χ4v) is 0. The van der Waals surface area contributed by atoms with Crippen molar-refractivity contribution in [2.45, 2.75) is 0 Å². The fourth-order valence-electron chi connectivity index (χ4n) is 0. The van der Waals surface area contributed by atoms with Crippen molar-refractivity contribution >= 4 is 30.1 Å². The number of hydrazine groups is 1. The molecule has 0 radical (unpaired) electrons. The molecule has 32 valence electrons. The maximum Gasteiger partial charge on any atom is 0.0620 e. The molecule has 0 aliphatic carbocycles. The minimum Gasteiger partial charge on any atom is -0.267 e. The highest BCUT2D eigenvalue weighted by Crippen LogP contribution is 2.15. The molecule has 0 aliphatic heterocycles. The summed E-state index contributed by atoms with van der Waals surface area (Å²) in [5, 5.41) is 2.31. The van der Waals surface area contributed by atoms with E-state index in [1.807, 2.05) is 0 Å². The van der Waals surface area contributed by atoms with Crippen LogP contribution < -0.4 is 11.0 Å². The Hall–Kier alpha value is 0.920. The van der Waals surface area contributed by atoms with Crippen LogP contribution in [0.2, 0.25) is 0 Å². The predicted molar refractivity (Wildman–Crippen MR) is 32.0 cm³/mol. The number of hydrogen-bond acceptors (Lipinski definition) is 2. The SMILES string of the molecule is NN[PH](=S)S. The van der Waals surface area contributed by atoms with Crippen molar-refractivity contribution in [2.75, 3.05) is 0 Å². The van der Waals surface area contributed by atoms with Crippen LogP contribution in [0.4, 0.5) is 0 Å². The van der Waals surface area contributed by atoms with E-state index in [1.165, 1.54) is 0 Å². The van der Waals surface area contributed by atoms with Gasteiger partial charge in [0.15, 0.2) is 0 Å². The van der Waals surface area contributed by atoms with Gasteiger partial charge in [-0.3, -0.25) is 5.84 Å². The Kier molecular flexibility index (Phi) is 3.70. The summed E-state index contributed by atoms with van der Waals surface area (Å²) in [6.45, 7) is 0. The van der Waals surface area contributed by atoms with Crippen molar-refractivity contribution in [3.05, 3.63) is 0 Å². The van der Waals surface area contributed by atoms with Crippen molar-refractivity contribution in [3.8, 4) is 0 Å². The Balaban J connectivity index is 2.85. The van der Waals surface area contributed by atoms with E-state index in [9.17, 15) is 0 Å². The number of hydrogen-bond donors (Lipinski definition) is 3. The van der Waals surface area contributed by atoms with Crippen molar-refractivity contribution in [1.82, 2.24) is 5.20 Å². The molecule has 1 unspecified atom stereocenters. The van der Waals surface area contributed by atoms with Crippen LogP contribution in [0.25, 0.3) is 0 Å². The molecule has 0 spiro atoms. The van der Waals surface area contributed by atoms with Crippen LogP contribution in [0.5, 0.6) is 0 Å². The van der Waals surface area contributed by atoms with Crippen LogP contribution >= 0.6 is 18.3 Å². The van der Waals surface area contributed by atoms with Gasteiger partial charge in [-0.1, -0.05) is 11.8 Å². The molecule has 0 bridgehead atoms. The zero-order valence-electron chi connectivity index (χ0n) is 2.43. The first-order chi connectivity index (χ1) is 2.27. The quantitative estimate of drug-likeness (QED) is 0.199. The Morgan fingerprint density at radius 2 is 2.20 bits per heavy atom. The lowest BCUT2D eigenvalue weighted by Crippen LogP contribution is -2.08. The molecule has 0 saturated carbocycles. The van der Waals surface area contributed by atoms with Crippen molar-refractivity contribution in [1.29, 1.82) is 0 Å². The standard InChI is InChI=1S/H5N2PS2/c1-2-3(4)5/h3H,1H2,(H2,2,4,5). The minimum absolute atomic E-state index is 1.07. The van der Waals surface area contributed by atoms with Gasteiger partial charge >= 0.3 is 0 Å². The van der Waals surface area contributed by atoms with Gasteiger partial charge in [0, 0.05) is 0 Å². The van der Waals surface area contributed by atoms with E-state index in [0.717, 1.165) is 0 Å². The maximum absolute atomic E-state index is 4.79. The normalized spacial score (nSPS) is 14.8. The fraction of sp³-hybridized carbons (Fsp3) is 0. The van der Waals surface area contributed by atoms with Crippen LogP contribution in [0.15, 0.2) is 0 Å². The lowest BCUT2D eigenvalue weighted by molar-refractivity contribution is 1.12. The highest BCUT2D eigenvalue weighted by atomic mass is 32.9. The molecule has 0 aromatic rings. The Morgan fingerprint density at radius 3 is 2.20 bits per heavy atom. The lowest BCUT2D eigenvalue weighted by atomic mass is 13.0. The number of nitrogens with one attached hydrogen (secondary N) is 1. The van der Waals surface area contributed by atoms with Gasteiger partial charge in [-0.2, -0.15) is 0 Å². The number of nitrogens with two attached hydrogens (primary N) is 1. The summed E-state index contributed by atoms with van der Waals surface area (Å²) in [6.07, 6.45) is 0. The highest BCUT2D eigenvalue weighted by molar-refractivity contribution is 8.55. The van der Waals surface area contributed by atoms with Gasteiger partial charge in [-0.05, 0) is 0 Å². The molecule has 1 atom stereocenters. The topological polar surface area (TPSA) is 38.0 Å². The molecule has 0 aromatic heterocycles. The Morgan fingerprint density at radius 1 is 2.00 bits per heavy atom. The molecule has 0 saturated heterocycles. The van der Waals surface area contributed by atoms with E-state index in [0.29, 0.717) is 0 Å². The lowest BCUT2D eigenvalue weighted by Gasteiger charge is -1.83. The predicted octanol–water partition coefficient (Wildman–Crippen LogP) is -0.114. The summed E-state index contributed by atoms with van der Waals surface area (Å²) in [5.41, 5.74) is 0. The molecule has 3 N–H and O–H groups in total. The molecule has 0 aliphatic rings. The molecule has 5 heavy (non-hydrogen) atoms. The second-order valence-corrected chi connectivity index (χ2v) is 4.82. The van der Waals surface area contributed by atoms with Crippen LogP contribution in [0, 0.1) is 0 Å². The molecule has 2 nitrogen and oxygen atoms in total. The first kappa shape index (κ1) is 5.92. The summed E-state index contributed by atoms with van der Waals surface area (Å²) in [4.78, 5) is 0.